The maximum Gasteiger partial charge on any atom is 0.129 e. The first kappa shape index (κ1) is 7.83. The molecule has 3 heteroatoms. The van der Waals surface area contributed by atoms with Crippen molar-refractivity contribution in [1.82, 2.24) is 5.32 Å². The number of furan rings is 1. The Morgan fingerprint density at radius 3 is 3.08 bits per heavy atom. The first-order valence-corrected chi connectivity index (χ1v) is 4.30. The highest BCUT2D eigenvalue weighted by atomic mass is 16.4. The predicted octanol–water partition coefficient (Wildman–Crippen LogP) is 0.849. The van der Waals surface area contributed by atoms with Crippen LogP contribution in [0.2, 0.25) is 0 Å². The molecule has 1 atom stereocenters. The van der Waals surface area contributed by atoms with Gasteiger partial charge in [0.2, 0.25) is 0 Å². The number of nitrogens with one attached hydrogen (secondary N) is 1. The molecule has 2 rings (SSSR count). The molecule has 12 heavy (non-hydrogen) atoms. The molecular weight excluding hydrogens is 154 g/mol. The summed E-state index contributed by atoms with van der Waals surface area (Å²) in [6, 6.07) is 3.80. The van der Waals surface area contributed by atoms with Gasteiger partial charge < -0.3 is 14.8 Å². The normalized spacial score (nSPS) is 23.2. The largest absolute Gasteiger partial charge is 0.463 e. The van der Waals surface area contributed by atoms with Gasteiger partial charge >= 0.3 is 0 Å². The average molecular weight is 167 g/mol. The van der Waals surface area contributed by atoms with E-state index in [1.54, 1.807) is 0 Å². The second-order valence-electron chi connectivity index (χ2n) is 3.15. The molecule has 1 aliphatic rings. The topological polar surface area (TPSA) is 45.4 Å². The van der Waals surface area contributed by atoms with Gasteiger partial charge in [-0.2, -0.15) is 0 Å². The van der Waals surface area contributed by atoms with Crippen molar-refractivity contribution in [1.29, 1.82) is 0 Å². The van der Waals surface area contributed by atoms with Gasteiger partial charge in [-0.3, -0.25) is 0 Å². The van der Waals surface area contributed by atoms with Crippen LogP contribution in [0.3, 0.4) is 0 Å². The zero-order valence-corrected chi connectivity index (χ0v) is 6.92. The van der Waals surface area contributed by atoms with Crippen molar-refractivity contribution in [3.05, 3.63) is 23.7 Å². The van der Waals surface area contributed by atoms with E-state index in [1.807, 2.05) is 12.1 Å². The lowest BCUT2D eigenvalue weighted by Gasteiger charge is -2.02. The highest BCUT2D eigenvalue weighted by Gasteiger charge is 2.19. The van der Waals surface area contributed by atoms with E-state index in [0.717, 1.165) is 25.3 Å². The highest BCUT2D eigenvalue weighted by Crippen LogP contribution is 2.23. The quantitative estimate of drug-likeness (QED) is 0.686. The lowest BCUT2D eigenvalue weighted by atomic mass is 10.1. The molecule has 1 fully saturated rings. The van der Waals surface area contributed by atoms with Crippen molar-refractivity contribution in [2.45, 2.75) is 18.9 Å². The molecule has 0 bridgehead atoms. The van der Waals surface area contributed by atoms with Crippen molar-refractivity contribution in [3.8, 4) is 0 Å². The minimum atomic E-state index is 0.000147. The Bertz CT molecular complexity index is 251. The van der Waals surface area contributed by atoms with Crippen molar-refractivity contribution in [3.63, 3.8) is 0 Å². The Labute approximate surface area is 71.4 Å². The summed E-state index contributed by atoms with van der Waals surface area (Å²) in [6.07, 6.45) is 1.14. The van der Waals surface area contributed by atoms with Crippen LogP contribution in [0.4, 0.5) is 0 Å². The summed E-state index contributed by atoms with van der Waals surface area (Å²) in [5, 5.41) is 12.1. The Morgan fingerprint density at radius 2 is 2.50 bits per heavy atom. The zero-order chi connectivity index (χ0) is 8.39. The summed E-state index contributed by atoms with van der Waals surface area (Å²) < 4.78 is 5.43. The molecule has 0 radical (unpaired) electrons. The Hall–Kier alpha value is -0.800. The third-order valence-corrected chi connectivity index (χ3v) is 2.30. The van der Waals surface area contributed by atoms with Crippen LogP contribution in [0.15, 0.2) is 16.5 Å². The summed E-state index contributed by atoms with van der Waals surface area (Å²) in [6.45, 7) is 2.07. The maximum absolute atomic E-state index is 8.78. The van der Waals surface area contributed by atoms with Gasteiger partial charge in [0.15, 0.2) is 0 Å². The van der Waals surface area contributed by atoms with Crippen molar-refractivity contribution >= 4 is 0 Å². The van der Waals surface area contributed by atoms with Gasteiger partial charge in [0.25, 0.3) is 0 Å². The van der Waals surface area contributed by atoms with Gasteiger partial charge in [0.1, 0.15) is 18.1 Å². The van der Waals surface area contributed by atoms with E-state index >= 15 is 0 Å². The summed E-state index contributed by atoms with van der Waals surface area (Å²) in [5.74, 6) is 2.17. The predicted molar refractivity (Wildman–Crippen MR) is 44.9 cm³/mol. The molecule has 1 aliphatic heterocycles. The van der Waals surface area contributed by atoms with Gasteiger partial charge in [-0.1, -0.05) is 0 Å². The highest BCUT2D eigenvalue weighted by molar-refractivity contribution is 5.12. The van der Waals surface area contributed by atoms with Gasteiger partial charge in [0, 0.05) is 12.5 Å². The molecule has 0 aromatic carbocycles. The summed E-state index contributed by atoms with van der Waals surface area (Å²) in [4.78, 5) is 0. The molecule has 0 aliphatic carbocycles. The average Bonchev–Trinajstić information content (AvgIpc) is 2.75. The van der Waals surface area contributed by atoms with Crippen molar-refractivity contribution < 1.29 is 9.52 Å². The molecule has 1 aromatic heterocycles. The van der Waals surface area contributed by atoms with E-state index in [0.29, 0.717) is 11.7 Å². The Kier molecular flexibility index (Phi) is 2.15. The number of hydrogen-bond acceptors (Lipinski definition) is 3. The smallest absolute Gasteiger partial charge is 0.129 e. The standard InChI is InChI=1S/C9H13NO2/c11-6-8-1-2-9(12-8)7-3-4-10-5-7/h1-2,7,10-11H,3-6H2. The molecule has 1 saturated heterocycles. The first-order chi connectivity index (χ1) is 5.90. The van der Waals surface area contributed by atoms with E-state index < -0.39 is 0 Å². The Balaban J connectivity index is 2.11. The number of hydrogen-bond donors (Lipinski definition) is 2. The van der Waals surface area contributed by atoms with Crippen LogP contribution in [-0.4, -0.2) is 18.2 Å². The van der Waals surface area contributed by atoms with E-state index in [4.69, 9.17) is 9.52 Å². The molecule has 0 spiro atoms. The fraction of sp³-hybridized carbons (Fsp3) is 0.556. The lowest BCUT2D eigenvalue weighted by molar-refractivity contribution is 0.242. The van der Waals surface area contributed by atoms with Crippen LogP contribution in [0.1, 0.15) is 23.9 Å². The molecule has 2 heterocycles. The van der Waals surface area contributed by atoms with E-state index in [2.05, 4.69) is 5.32 Å². The summed E-state index contributed by atoms with van der Waals surface area (Å²) in [7, 11) is 0. The Morgan fingerprint density at radius 1 is 1.58 bits per heavy atom. The molecule has 1 aromatic rings. The van der Waals surface area contributed by atoms with Crippen LogP contribution >= 0.6 is 0 Å². The fourth-order valence-corrected chi connectivity index (χ4v) is 1.60. The van der Waals surface area contributed by atoms with E-state index in [9.17, 15) is 0 Å². The van der Waals surface area contributed by atoms with Crippen LogP contribution in [0.5, 0.6) is 0 Å². The molecule has 1 unspecified atom stereocenters. The minimum absolute atomic E-state index is 0.000147. The lowest BCUT2D eigenvalue weighted by Crippen LogP contribution is -2.07. The molecule has 66 valence electrons. The summed E-state index contributed by atoms with van der Waals surface area (Å²) in [5.41, 5.74) is 0. The minimum Gasteiger partial charge on any atom is -0.463 e. The van der Waals surface area contributed by atoms with Crippen molar-refractivity contribution in [2.75, 3.05) is 13.1 Å². The third-order valence-electron chi connectivity index (χ3n) is 2.30. The first-order valence-electron chi connectivity index (χ1n) is 4.30. The number of aliphatic hydroxyl groups excluding tert-OH is 1. The number of aliphatic hydroxyl groups is 1. The second-order valence-corrected chi connectivity index (χ2v) is 3.15. The monoisotopic (exact) mass is 167 g/mol. The summed E-state index contributed by atoms with van der Waals surface area (Å²) >= 11 is 0. The molecule has 0 saturated carbocycles. The molecule has 2 N–H and O–H groups in total. The molecular formula is C9H13NO2. The van der Waals surface area contributed by atoms with Crippen LogP contribution in [0.25, 0.3) is 0 Å². The second kappa shape index (κ2) is 3.29. The maximum atomic E-state index is 8.78. The van der Waals surface area contributed by atoms with E-state index in [1.165, 1.54) is 0 Å². The van der Waals surface area contributed by atoms with Gasteiger partial charge in [-0.15, -0.1) is 0 Å². The van der Waals surface area contributed by atoms with Gasteiger partial charge in [-0.05, 0) is 25.1 Å². The van der Waals surface area contributed by atoms with Crippen LogP contribution in [-0.2, 0) is 6.61 Å². The van der Waals surface area contributed by atoms with E-state index in [-0.39, 0.29) is 6.61 Å². The van der Waals surface area contributed by atoms with Crippen molar-refractivity contribution in [2.24, 2.45) is 0 Å². The third kappa shape index (κ3) is 1.38. The van der Waals surface area contributed by atoms with Crippen LogP contribution in [0, 0.1) is 0 Å². The van der Waals surface area contributed by atoms with Crippen LogP contribution < -0.4 is 5.32 Å². The van der Waals surface area contributed by atoms with Gasteiger partial charge in [-0.25, -0.2) is 0 Å². The number of rotatable bonds is 2. The zero-order valence-electron chi connectivity index (χ0n) is 6.92. The SMILES string of the molecule is OCc1ccc(C2CCNC2)o1. The molecule has 0 amide bonds. The molecule has 3 nitrogen and oxygen atoms in total. The van der Waals surface area contributed by atoms with Gasteiger partial charge in [0.05, 0.1) is 0 Å². The fourth-order valence-electron chi connectivity index (χ4n) is 1.60.